The number of piperidine rings is 1. The van der Waals surface area contributed by atoms with E-state index in [4.69, 9.17) is 4.74 Å². The van der Waals surface area contributed by atoms with Gasteiger partial charge in [-0.25, -0.2) is 0 Å². The average Bonchev–Trinajstić information content (AvgIpc) is 2.55. The van der Waals surface area contributed by atoms with Crippen molar-refractivity contribution in [3.63, 3.8) is 0 Å². The Morgan fingerprint density at radius 1 is 1.27 bits per heavy atom. The second-order valence-corrected chi connectivity index (χ2v) is 6.04. The van der Waals surface area contributed by atoms with E-state index in [1.54, 1.807) is 0 Å². The molecular weight excluding hydrogens is 300 g/mol. The summed E-state index contributed by atoms with van der Waals surface area (Å²) >= 11 is 0. The number of amides is 1. The topological polar surface area (TPSA) is 41.6 Å². The van der Waals surface area contributed by atoms with E-state index < -0.39 is 0 Å². The second kappa shape index (κ2) is 7.95. The maximum Gasteiger partial charge on any atom is 0.254 e. The Kier molecular flexibility index (Phi) is 6.24. The zero-order chi connectivity index (χ0) is 14.7. The lowest BCUT2D eigenvalue weighted by molar-refractivity contribution is -0.0124. The van der Waals surface area contributed by atoms with Crippen LogP contribution in [0.3, 0.4) is 0 Å². The Hall–Kier alpha value is -1.10. The lowest BCUT2D eigenvalue weighted by Crippen LogP contribution is -2.44. The van der Waals surface area contributed by atoms with E-state index in [0.717, 1.165) is 31.5 Å². The van der Waals surface area contributed by atoms with Gasteiger partial charge in [-0.05, 0) is 50.4 Å². The van der Waals surface area contributed by atoms with E-state index in [1.807, 2.05) is 24.0 Å². The van der Waals surface area contributed by atoms with Crippen LogP contribution in [0.5, 0.6) is 0 Å². The highest BCUT2D eigenvalue weighted by atomic mass is 35.5. The third-order valence-electron chi connectivity index (χ3n) is 4.50. The lowest BCUT2D eigenvalue weighted by Gasteiger charge is -2.32. The van der Waals surface area contributed by atoms with Crippen LogP contribution in [0.1, 0.15) is 41.6 Å². The van der Waals surface area contributed by atoms with Gasteiger partial charge in [0.2, 0.25) is 0 Å². The Balaban J connectivity index is 0.00000176. The summed E-state index contributed by atoms with van der Waals surface area (Å²) in [5.74, 6) is 0.671. The van der Waals surface area contributed by atoms with Gasteiger partial charge < -0.3 is 15.0 Å². The molecule has 0 radical (unpaired) electrons. The van der Waals surface area contributed by atoms with Crippen LogP contribution in [0.2, 0.25) is 0 Å². The highest BCUT2D eigenvalue weighted by molar-refractivity contribution is 5.96. The minimum absolute atomic E-state index is 0. The Bertz CT molecular complexity index is 503. The van der Waals surface area contributed by atoms with Crippen LogP contribution in [0.25, 0.3) is 0 Å². The highest BCUT2D eigenvalue weighted by Gasteiger charge is 2.26. The minimum atomic E-state index is 0. The molecule has 1 unspecified atom stereocenters. The molecule has 0 aliphatic carbocycles. The van der Waals surface area contributed by atoms with Crippen molar-refractivity contribution in [3.8, 4) is 0 Å². The van der Waals surface area contributed by atoms with Gasteiger partial charge in [-0.2, -0.15) is 0 Å². The first kappa shape index (κ1) is 17.3. The zero-order valence-corrected chi connectivity index (χ0v) is 13.9. The largest absolute Gasteiger partial charge is 0.375 e. The van der Waals surface area contributed by atoms with Crippen LogP contribution in [0.4, 0.5) is 0 Å². The third-order valence-corrected chi connectivity index (χ3v) is 4.50. The minimum Gasteiger partial charge on any atom is -0.375 e. The van der Waals surface area contributed by atoms with Crippen molar-refractivity contribution in [2.45, 2.75) is 31.8 Å². The molecule has 0 bridgehead atoms. The molecule has 1 N–H and O–H groups in total. The van der Waals surface area contributed by atoms with Crippen molar-refractivity contribution in [1.82, 2.24) is 10.2 Å². The van der Waals surface area contributed by atoms with Gasteiger partial charge in [0.25, 0.3) is 5.91 Å². The molecule has 0 aromatic heterocycles. The fourth-order valence-electron chi connectivity index (χ4n) is 3.35. The standard InChI is InChI=1S/C17H24N2O2.ClH/c1-13-12-19(10-11-21-13)17(20)16-5-3-2-4-15(16)14-6-8-18-9-7-14;/h2-5,13-14,18H,6-12H2,1H3;1H. The molecule has 1 atom stereocenters. The molecule has 2 aliphatic rings. The monoisotopic (exact) mass is 324 g/mol. The maximum atomic E-state index is 12.9. The number of morpholine rings is 1. The van der Waals surface area contributed by atoms with Crippen molar-refractivity contribution in [3.05, 3.63) is 35.4 Å². The fraction of sp³-hybridized carbons (Fsp3) is 0.588. The first-order valence-electron chi connectivity index (χ1n) is 7.96. The number of nitrogens with one attached hydrogen (secondary N) is 1. The Morgan fingerprint density at radius 3 is 2.73 bits per heavy atom. The number of halogens is 1. The molecule has 4 nitrogen and oxygen atoms in total. The second-order valence-electron chi connectivity index (χ2n) is 6.04. The van der Waals surface area contributed by atoms with E-state index in [-0.39, 0.29) is 24.4 Å². The van der Waals surface area contributed by atoms with Crippen molar-refractivity contribution < 1.29 is 9.53 Å². The average molecular weight is 325 g/mol. The van der Waals surface area contributed by atoms with E-state index in [0.29, 0.717) is 25.6 Å². The number of carbonyl (C=O) groups is 1. The summed E-state index contributed by atoms with van der Waals surface area (Å²) in [6.45, 7) is 6.15. The number of rotatable bonds is 2. The van der Waals surface area contributed by atoms with E-state index in [2.05, 4.69) is 17.4 Å². The van der Waals surface area contributed by atoms with Crippen LogP contribution in [-0.4, -0.2) is 49.7 Å². The van der Waals surface area contributed by atoms with E-state index >= 15 is 0 Å². The molecule has 2 saturated heterocycles. The van der Waals surface area contributed by atoms with Crippen LogP contribution in [0, 0.1) is 0 Å². The van der Waals surface area contributed by atoms with E-state index in [9.17, 15) is 4.79 Å². The molecular formula is C17H25ClN2O2. The molecule has 22 heavy (non-hydrogen) atoms. The molecule has 122 valence electrons. The predicted octanol–water partition coefficient (Wildman–Crippen LogP) is 2.44. The summed E-state index contributed by atoms with van der Waals surface area (Å²) in [4.78, 5) is 14.8. The molecule has 2 fully saturated rings. The number of nitrogens with zero attached hydrogens (tertiary/aromatic N) is 1. The Morgan fingerprint density at radius 2 is 2.00 bits per heavy atom. The fourth-order valence-corrected chi connectivity index (χ4v) is 3.35. The van der Waals surface area contributed by atoms with Crippen molar-refractivity contribution in [2.75, 3.05) is 32.8 Å². The number of ether oxygens (including phenoxy) is 1. The van der Waals surface area contributed by atoms with Gasteiger partial charge in [0.05, 0.1) is 12.7 Å². The predicted molar refractivity (Wildman–Crippen MR) is 89.9 cm³/mol. The summed E-state index contributed by atoms with van der Waals surface area (Å²) in [7, 11) is 0. The SMILES string of the molecule is CC1CN(C(=O)c2ccccc2C2CCNCC2)CCO1.Cl. The van der Waals surface area contributed by atoms with E-state index in [1.165, 1.54) is 5.56 Å². The molecule has 0 spiro atoms. The molecule has 3 rings (SSSR count). The van der Waals surface area contributed by atoms with Crippen LogP contribution < -0.4 is 5.32 Å². The smallest absolute Gasteiger partial charge is 0.254 e. The van der Waals surface area contributed by atoms with Crippen LogP contribution in [0.15, 0.2) is 24.3 Å². The molecule has 1 aromatic rings. The first-order chi connectivity index (χ1) is 10.3. The molecule has 1 amide bonds. The van der Waals surface area contributed by atoms with Crippen molar-refractivity contribution >= 4 is 18.3 Å². The molecule has 1 aromatic carbocycles. The van der Waals surface area contributed by atoms with Crippen LogP contribution >= 0.6 is 12.4 Å². The quantitative estimate of drug-likeness (QED) is 0.908. The van der Waals surface area contributed by atoms with Crippen molar-refractivity contribution in [1.29, 1.82) is 0 Å². The molecule has 0 saturated carbocycles. The molecule has 5 heteroatoms. The van der Waals surface area contributed by atoms with Gasteiger partial charge in [0.15, 0.2) is 0 Å². The number of carbonyl (C=O) groups excluding carboxylic acids is 1. The van der Waals surface area contributed by atoms with Gasteiger partial charge in [-0.15, -0.1) is 12.4 Å². The summed E-state index contributed by atoms with van der Waals surface area (Å²) in [6.07, 6.45) is 2.36. The van der Waals surface area contributed by atoms with Crippen LogP contribution in [-0.2, 0) is 4.74 Å². The number of hydrogen-bond donors (Lipinski definition) is 1. The Labute approximate surface area is 138 Å². The van der Waals surface area contributed by atoms with Gasteiger partial charge in [-0.1, -0.05) is 18.2 Å². The lowest BCUT2D eigenvalue weighted by atomic mass is 9.86. The summed E-state index contributed by atoms with van der Waals surface area (Å²) in [5.41, 5.74) is 2.11. The third kappa shape index (κ3) is 3.80. The summed E-state index contributed by atoms with van der Waals surface area (Å²) in [6, 6.07) is 8.14. The normalized spacial score (nSPS) is 23.0. The van der Waals surface area contributed by atoms with Crippen molar-refractivity contribution in [2.24, 2.45) is 0 Å². The first-order valence-corrected chi connectivity index (χ1v) is 7.96. The summed E-state index contributed by atoms with van der Waals surface area (Å²) < 4.78 is 5.54. The molecule has 2 aliphatic heterocycles. The van der Waals surface area contributed by atoms with Gasteiger partial charge in [0.1, 0.15) is 0 Å². The highest BCUT2D eigenvalue weighted by Crippen LogP contribution is 2.29. The van der Waals surface area contributed by atoms with Gasteiger partial charge in [-0.3, -0.25) is 4.79 Å². The summed E-state index contributed by atoms with van der Waals surface area (Å²) in [5, 5.41) is 3.39. The number of hydrogen-bond acceptors (Lipinski definition) is 3. The molecule has 2 heterocycles. The zero-order valence-electron chi connectivity index (χ0n) is 13.1. The number of benzene rings is 1. The maximum absolute atomic E-state index is 12.9. The van der Waals surface area contributed by atoms with Gasteiger partial charge in [0, 0.05) is 18.7 Å². The van der Waals surface area contributed by atoms with Gasteiger partial charge >= 0.3 is 0 Å².